The minimum Gasteiger partial charge on any atom is -0.481 e. The summed E-state index contributed by atoms with van der Waals surface area (Å²) in [4.78, 5) is 30.5. The third-order valence-corrected chi connectivity index (χ3v) is 3.93. The van der Waals surface area contributed by atoms with Crippen LogP contribution < -0.4 is 10.1 Å². The quantitative estimate of drug-likeness (QED) is 0.897. The number of pyridine rings is 1. The van der Waals surface area contributed by atoms with Crippen LogP contribution in [-0.2, 0) is 13.1 Å². The van der Waals surface area contributed by atoms with Crippen molar-refractivity contribution in [3.8, 4) is 5.88 Å². The van der Waals surface area contributed by atoms with Gasteiger partial charge in [-0.15, -0.1) is 0 Å². The Labute approximate surface area is 145 Å². The van der Waals surface area contributed by atoms with Crippen molar-refractivity contribution >= 4 is 11.8 Å². The number of fused-ring (bicyclic) bond motifs is 1. The lowest BCUT2D eigenvalue weighted by Crippen LogP contribution is -2.38. The zero-order valence-electron chi connectivity index (χ0n) is 14.5. The average molecular weight is 343 g/mol. The Balaban J connectivity index is 1.73. The molecule has 1 N–H and O–H groups in total. The molecule has 0 spiro atoms. The van der Waals surface area contributed by atoms with Gasteiger partial charge in [-0.1, -0.05) is 0 Å². The lowest BCUT2D eigenvalue weighted by Gasteiger charge is -2.27. The zero-order valence-corrected chi connectivity index (χ0v) is 14.5. The summed E-state index contributed by atoms with van der Waals surface area (Å²) >= 11 is 0. The molecule has 2 amide bonds. The van der Waals surface area contributed by atoms with E-state index in [-0.39, 0.29) is 17.9 Å². The van der Waals surface area contributed by atoms with Crippen molar-refractivity contribution < 1.29 is 14.3 Å². The Morgan fingerprint density at radius 2 is 2.08 bits per heavy atom. The molecule has 25 heavy (non-hydrogen) atoms. The van der Waals surface area contributed by atoms with E-state index in [1.54, 1.807) is 27.8 Å². The van der Waals surface area contributed by atoms with Crippen LogP contribution in [0, 0.1) is 0 Å². The van der Waals surface area contributed by atoms with E-state index in [4.69, 9.17) is 4.74 Å². The molecule has 132 valence electrons. The molecule has 1 aliphatic rings. The normalized spacial score (nSPS) is 13.5. The second-order valence-corrected chi connectivity index (χ2v) is 6.19. The molecule has 0 fully saturated rings. The summed E-state index contributed by atoms with van der Waals surface area (Å²) < 4.78 is 6.79. The van der Waals surface area contributed by atoms with Crippen molar-refractivity contribution in [1.82, 2.24) is 25.0 Å². The number of ether oxygens (including phenoxy) is 1. The van der Waals surface area contributed by atoms with Crippen LogP contribution in [0.25, 0.3) is 0 Å². The van der Waals surface area contributed by atoms with Gasteiger partial charge in [0.15, 0.2) is 5.69 Å². The molecule has 8 heteroatoms. The van der Waals surface area contributed by atoms with E-state index < -0.39 is 0 Å². The van der Waals surface area contributed by atoms with Crippen molar-refractivity contribution in [2.75, 3.05) is 13.7 Å². The highest BCUT2D eigenvalue weighted by Crippen LogP contribution is 2.17. The SMILES string of the molecule is COc1ccc(C(=O)N2CCn3nc(C(=O)NC(C)C)cc3C2)cn1. The number of hydrogen-bond donors (Lipinski definition) is 1. The van der Waals surface area contributed by atoms with Gasteiger partial charge in [0.25, 0.3) is 11.8 Å². The highest BCUT2D eigenvalue weighted by molar-refractivity contribution is 5.94. The molecule has 2 aromatic rings. The van der Waals surface area contributed by atoms with Gasteiger partial charge in [-0.2, -0.15) is 5.10 Å². The van der Waals surface area contributed by atoms with Crippen LogP contribution in [0.15, 0.2) is 24.4 Å². The number of hydrogen-bond acceptors (Lipinski definition) is 5. The van der Waals surface area contributed by atoms with Crippen molar-refractivity contribution in [2.45, 2.75) is 33.0 Å². The molecule has 0 unspecified atom stereocenters. The minimum atomic E-state index is -0.200. The first-order chi connectivity index (χ1) is 12.0. The van der Waals surface area contributed by atoms with Gasteiger partial charge >= 0.3 is 0 Å². The third-order valence-electron chi connectivity index (χ3n) is 3.93. The number of methoxy groups -OCH3 is 1. The topological polar surface area (TPSA) is 89.4 Å². The monoisotopic (exact) mass is 343 g/mol. The molecular weight excluding hydrogens is 322 g/mol. The molecule has 8 nitrogen and oxygen atoms in total. The van der Waals surface area contributed by atoms with Crippen LogP contribution in [0.4, 0.5) is 0 Å². The maximum absolute atomic E-state index is 12.6. The number of rotatable bonds is 4. The largest absolute Gasteiger partial charge is 0.481 e. The molecule has 3 rings (SSSR count). The predicted molar refractivity (Wildman–Crippen MR) is 90.4 cm³/mol. The van der Waals surface area contributed by atoms with Gasteiger partial charge in [-0.3, -0.25) is 14.3 Å². The van der Waals surface area contributed by atoms with Gasteiger partial charge < -0.3 is 15.0 Å². The molecule has 0 aromatic carbocycles. The third kappa shape index (κ3) is 3.62. The second-order valence-electron chi connectivity index (χ2n) is 6.19. The molecule has 0 aliphatic carbocycles. The Bertz CT molecular complexity index is 782. The zero-order chi connectivity index (χ0) is 18.0. The fraction of sp³-hybridized carbons (Fsp3) is 0.412. The lowest BCUT2D eigenvalue weighted by atomic mass is 10.2. The van der Waals surface area contributed by atoms with Crippen LogP contribution in [0.5, 0.6) is 5.88 Å². The summed E-state index contributed by atoms with van der Waals surface area (Å²) in [5, 5.41) is 7.15. The number of amides is 2. The van der Waals surface area contributed by atoms with Gasteiger partial charge in [0.2, 0.25) is 5.88 Å². The minimum absolute atomic E-state index is 0.0480. The summed E-state index contributed by atoms with van der Waals surface area (Å²) in [5.41, 5.74) is 1.73. The Morgan fingerprint density at radius 3 is 2.72 bits per heavy atom. The summed E-state index contributed by atoms with van der Waals surface area (Å²) in [6.07, 6.45) is 1.51. The molecule has 2 aromatic heterocycles. The molecule has 0 bridgehead atoms. The van der Waals surface area contributed by atoms with Crippen molar-refractivity contribution in [2.24, 2.45) is 0 Å². The van der Waals surface area contributed by atoms with Gasteiger partial charge in [0.1, 0.15) is 0 Å². The van der Waals surface area contributed by atoms with E-state index in [2.05, 4.69) is 15.4 Å². The maximum atomic E-state index is 12.6. The van der Waals surface area contributed by atoms with E-state index in [0.29, 0.717) is 36.8 Å². The van der Waals surface area contributed by atoms with Crippen molar-refractivity contribution in [3.05, 3.63) is 41.3 Å². The molecule has 0 saturated heterocycles. The maximum Gasteiger partial charge on any atom is 0.271 e. The predicted octanol–water partition coefficient (Wildman–Crippen LogP) is 1.08. The smallest absolute Gasteiger partial charge is 0.271 e. The van der Waals surface area contributed by atoms with Crippen LogP contribution in [0.1, 0.15) is 40.4 Å². The second kappa shape index (κ2) is 6.92. The summed E-state index contributed by atoms with van der Waals surface area (Å²) in [6, 6.07) is 5.15. The number of aromatic nitrogens is 3. The number of nitrogens with zero attached hydrogens (tertiary/aromatic N) is 4. The highest BCUT2D eigenvalue weighted by Gasteiger charge is 2.25. The van der Waals surface area contributed by atoms with Crippen LogP contribution in [0.3, 0.4) is 0 Å². The number of carbonyl (C=O) groups excluding carboxylic acids is 2. The molecule has 0 atom stereocenters. The molecule has 1 aliphatic heterocycles. The van der Waals surface area contributed by atoms with E-state index >= 15 is 0 Å². The number of carbonyl (C=O) groups is 2. The first-order valence-corrected chi connectivity index (χ1v) is 8.15. The van der Waals surface area contributed by atoms with Gasteiger partial charge in [0.05, 0.1) is 31.5 Å². The van der Waals surface area contributed by atoms with E-state index in [9.17, 15) is 9.59 Å². The fourth-order valence-electron chi connectivity index (χ4n) is 2.70. The van der Waals surface area contributed by atoms with Crippen LogP contribution >= 0.6 is 0 Å². The van der Waals surface area contributed by atoms with Crippen molar-refractivity contribution in [3.63, 3.8) is 0 Å². The summed E-state index contributed by atoms with van der Waals surface area (Å²) in [7, 11) is 1.53. The Kier molecular flexibility index (Phi) is 4.69. The summed E-state index contributed by atoms with van der Waals surface area (Å²) in [6.45, 7) is 5.30. The van der Waals surface area contributed by atoms with Crippen molar-refractivity contribution in [1.29, 1.82) is 0 Å². The standard InChI is InChI=1S/C17H21N5O3/c1-11(2)19-16(23)14-8-13-10-21(6-7-22(13)20-14)17(24)12-4-5-15(25-3)18-9-12/h4-5,8-9,11H,6-7,10H2,1-3H3,(H,19,23). The molecule has 0 radical (unpaired) electrons. The Morgan fingerprint density at radius 1 is 1.28 bits per heavy atom. The number of nitrogens with one attached hydrogen (secondary N) is 1. The first-order valence-electron chi connectivity index (χ1n) is 8.15. The molecular formula is C17H21N5O3. The first kappa shape index (κ1) is 16.9. The van der Waals surface area contributed by atoms with Gasteiger partial charge in [-0.05, 0) is 26.0 Å². The average Bonchev–Trinajstić information content (AvgIpc) is 3.04. The van der Waals surface area contributed by atoms with E-state index in [1.165, 1.54) is 13.3 Å². The van der Waals surface area contributed by atoms with Gasteiger partial charge in [-0.25, -0.2) is 4.98 Å². The fourth-order valence-corrected chi connectivity index (χ4v) is 2.70. The van der Waals surface area contributed by atoms with Gasteiger partial charge in [0, 0.05) is 24.8 Å². The van der Waals surface area contributed by atoms with Crippen LogP contribution in [-0.4, -0.2) is 51.2 Å². The highest BCUT2D eigenvalue weighted by atomic mass is 16.5. The lowest BCUT2D eigenvalue weighted by molar-refractivity contribution is 0.0704. The van der Waals surface area contributed by atoms with Crippen LogP contribution in [0.2, 0.25) is 0 Å². The van der Waals surface area contributed by atoms with E-state index in [1.807, 2.05) is 13.8 Å². The molecule has 3 heterocycles. The van der Waals surface area contributed by atoms with E-state index in [0.717, 1.165) is 5.69 Å². The Hall–Kier alpha value is -2.90. The summed E-state index contributed by atoms with van der Waals surface area (Å²) in [5.74, 6) is 0.166. The molecule has 0 saturated carbocycles.